The highest BCUT2D eigenvalue weighted by Gasteiger charge is 2.31. The number of ketones is 1. The molecule has 1 aromatic rings. The third-order valence-corrected chi connectivity index (χ3v) is 5.09. The van der Waals surface area contributed by atoms with Gasteiger partial charge in [0.25, 0.3) is 0 Å². The molecule has 0 amide bonds. The van der Waals surface area contributed by atoms with Crippen LogP contribution in [0.1, 0.15) is 83.8 Å². The van der Waals surface area contributed by atoms with Crippen molar-refractivity contribution in [1.29, 1.82) is 0 Å². The molecule has 0 spiro atoms. The van der Waals surface area contributed by atoms with Gasteiger partial charge in [-0.25, -0.2) is 0 Å². The van der Waals surface area contributed by atoms with E-state index in [9.17, 15) is 19.2 Å². The molecule has 6 nitrogen and oxygen atoms in total. The zero-order chi connectivity index (χ0) is 23.6. The Balaban J connectivity index is 3.63. The Kier molecular flexibility index (Phi) is 10.9. The number of rotatable bonds is 13. The number of aryl methyl sites for hydroxylation is 1. The van der Waals surface area contributed by atoms with E-state index in [0.717, 1.165) is 37.5 Å². The van der Waals surface area contributed by atoms with Crippen molar-refractivity contribution in [2.45, 2.75) is 79.1 Å². The molecule has 0 radical (unpaired) electrons. The number of benzene rings is 1. The molecule has 6 heteroatoms. The summed E-state index contributed by atoms with van der Waals surface area (Å²) in [5.41, 5.74) is 1.90. The molecule has 0 saturated heterocycles. The Morgan fingerprint density at radius 2 is 1.55 bits per heavy atom. The van der Waals surface area contributed by atoms with Crippen LogP contribution in [0, 0.1) is 5.92 Å². The standard InChI is InChI=1S/C25H34O6/c1-7-8-9-10-20-13-23(30-18(5)28)25(24(14-20)31-19(6)29)22(15-26)21(16(2)3)12-11-17(4)27/h13-15,21-22H,2,7-12H2,1,3-6H3/t21-,22+/m0/s1. The minimum absolute atomic E-state index is 0.00240. The molecule has 0 aliphatic carbocycles. The van der Waals surface area contributed by atoms with Crippen LogP contribution in [-0.2, 0) is 25.6 Å². The molecule has 0 aromatic heterocycles. The van der Waals surface area contributed by atoms with Gasteiger partial charge in [-0.05, 0) is 56.7 Å². The van der Waals surface area contributed by atoms with E-state index in [2.05, 4.69) is 13.5 Å². The molecule has 0 fully saturated rings. The fraction of sp³-hybridized carbons (Fsp3) is 0.520. The van der Waals surface area contributed by atoms with Crippen LogP contribution < -0.4 is 9.47 Å². The number of allylic oxidation sites excluding steroid dienone is 1. The van der Waals surface area contributed by atoms with Crippen LogP contribution in [0.4, 0.5) is 0 Å². The summed E-state index contributed by atoms with van der Waals surface area (Å²) >= 11 is 0. The molecular formula is C25H34O6. The number of Topliss-reactive ketones (excluding diaryl/α,β-unsaturated/α-hetero) is 1. The first-order valence-corrected chi connectivity index (χ1v) is 10.7. The molecule has 0 bridgehead atoms. The molecule has 2 atom stereocenters. The van der Waals surface area contributed by atoms with Gasteiger partial charge >= 0.3 is 11.9 Å². The van der Waals surface area contributed by atoms with Gasteiger partial charge in [0.1, 0.15) is 23.6 Å². The molecule has 1 aromatic carbocycles. The lowest BCUT2D eigenvalue weighted by molar-refractivity contribution is -0.132. The smallest absolute Gasteiger partial charge is 0.308 e. The maximum absolute atomic E-state index is 12.3. The average molecular weight is 431 g/mol. The molecule has 0 aliphatic heterocycles. The van der Waals surface area contributed by atoms with E-state index in [1.807, 2.05) is 0 Å². The van der Waals surface area contributed by atoms with Gasteiger partial charge in [0, 0.05) is 25.8 Å². The summed E-state index contributed by atoms with van der Waals surface area (Å²) in [6.07, 6.45) is 5.16. The second-order valence-corrected chi connectivity index (χ2v) is 8.01. The van der Waals surface area contributed by atoms with Crippen LogP contribution in [0.5, 0.6) is 11.5 Å². The average Bonchev–Trinajstić information content (AvgIpc) is 2.64. The van der Waals surface area contributed by atoms with E-state index >= 15 is 0 Å². The highest BCUT2D eigenvalue weighted by Crippen LogP contribution is 2.43. The minimum Gasteiger partial charge on any atom is -0.426 e. The van der Waals surface area contributed by atoms with Gasteiger partial charge in [-0.3, -0.25) is 9.59 Å². The van der Waals surface area contributed by atoms with Crippen molar-refractivity contribution in [2.24, 2.45) is 5.92 Å². The normalized spacial score (nSPS) is 12.5. The van der Waals surface area contributed by atoms with Crippen molar-refractivity contribution in [3.8, 4) is 11.5 Å². The van der Waals surface area contributed by atoms with Gasteiger partial charge in [-0.1, -0.05) is 31.9 Å². The zero-order valence-corrected chi connectivity index (χ0v) is 19.3. The van der Waals surface area contributed by atoms with Gasteiger partial charge < -0.3 is 19.1 Å². The van der Waals surface area contributed by atoms with Crippen molar-refractivity contribution in [3.63, 3.8) is 0 Å². The van der Waals surface area contributed by atoms with E-state index in [4.69, 9.17) is 9.47 Å². The van der Waals surface area contributed by atoms with Gasteiger partial charge in [0.15, 0.2) is 0 Å². The summed E-state index contributed by atoms with van der Waals surface area (Å²) in [7, 11) is 0. The highest BCUT2D eigenvalue weighted by atomic mass is 16.5. The van der Waals surface area contributed by atoms with Crippen LogP contribution in [0.25, 0.3) is 0 Å². The highest BCUT2D eigenvalue weighted by molar-refractivity contribution is 5.78. The van der Waals surface area contributed by atoms with Gasteiger partial charge in [-0.15, -0.1) is 0 Å². The van der Waals surface area contributed by atoms with Crippen LogP contribution in [0.2, 0.25) is 0 Å². The Morgan fingerprint density at radius 1 is 1.00 bits per heavy atom. The fourth-order valence-corrected chi connectivity index (χ4v) is 3.64. The number of aldehydes is 1. The summed E-state index contributed by atoms with van der Waals surface area (Å²) in [5.74, 6) is -1.85. The molecule has 31 heavy (non-hydrogen) atoms. The number of hydrogen-bond acceptors (Lipinski definition) is 6. The number of unbranched alkanes of at least 4 members (excludes halogenated alkanes) is 2. The van der Waals surface area contributed by atoms with Crippen LogP contribution in [-0.4, -0.2) is 24.0 Å². The predicted molar refractivity (Wildman–Crippen MR) is 119 cm³/mol. The van der Waals surface area contributed by atoms with E-state index in [-0.39, 0.29) is 29.6 Å². The largest absolute Gasteiger partial charge is 0.426 e. The number of ether oxygens (including phenoxy) is 2. The second kappa shape index (κ2) is 12.8. The number of esters is 2. The fourth-order valence-electron chi connectivity index (χ4n) is 3.64. The van der Waals surface area contributed by atoms with E-state index in [1.165, 1.54) is 20.8 Å². The molecule has 0 unspecified atom stereocenters. The number of hydrogen-bond donors (Lipinski definition) is 0. The van der Waals surface area contributed by atoms with Gasteiger partial charge in [0.05, 0.1) is 5.92 Å². The van der Waals surface area contributed by atoms with Crippen molar-refractivity contribution < 1.29 is 28.7 Å². The number of carbonyl (C=O) groups is 4. The lowest BCUT2D eigenvalue weighted by Gasteiger charge is -2.27. The summed E-state index contributed by atoms with van der Waals surface area (Å²) < 4.78 is 10.9. The van der Waals surface area contributed by atoms with Crippen LogP contribution >= 0.6 is 0 Å². The summed E-state index contributed by atoms with van der Waals surface area (Å²) in [6, 6.07) is 3.46. The maximum Gasteiger partial charge on any atom is 0.308 e. The quantitative estimate of drug-likeness (QED) is 0.142. The second-order valence-electron chi connectivity index (χ2n) is 8.01. The SMILES string of the molecule is C=C(C)[C@H](CCC(C)=O)[C@@H](C=O)c1c(OC(C)=O)cc(CCCCC)cc1OC(C)=O. The van der Waals surface area contributed by atoms with Crippen molar-refractivity contribution >= 4 is 24.0 Å². The monoisotopic (exact) mass is 430 g/mol. The van der Waals surface area contributed by atoms with E-state index in [1.54, 1.807) is 19.1 Å². The lowest BCUT2D eigenvalue weighted by atomic mass is 9.79. The molecule has 1 rings (SSSR count). The van der Waals surface area contributed by atoms with Crippen molar-refractivity contribution in [2.75, 3.05) is 0 Å². The Bertz CT molecular complexity index is 786. The van der Waals surface area contributed by atoms with Gasteiger partial charge in [0.2, 0.25) is 0 Å². The molecular weight excluding hydrogens is 396 g/mol. The first-order valence-electron chi connectivity index (χ1n) is 10.7. The molecule has 0 saturated carbocycles. The molecule has 170 valence electrons. The third kappa shape index (κ3) is 8.48. The first-order chi connectivity index (χ1) is 14.6. The minimum atomic E-state index is -0.787. The lowest BCUT2D eigenvalue weighted by Crippen LogP contribution is -2.20. The molecule has 0 aliphatic rings. The zero-order valence-electron chi connectivity index (χ0n) is 19.3. The van der Waals surface area contributed by atoms with Gasteiger partial charge in [-0.2, -0.15) is 0 Å². The van der Waals surface area contributed by atoms with Crippen LogP contribution in [0.3, 0.4) is 0 Å². The van der Waals surface area contributed by atoms with Crippen molar-refractivity contribution in [3.05, 3.63) is 35.4 Å². The van der Waals surface area contributed by atoms with E-state index in [0.29, 0.717) is 17.6 Å². The Labute approximate surface area is 185 Å². The maximum atomic E-state index is 12.3. The summed E-state index contributed by atoms with van der Waals surface area (Å²) in [4.78, 5) is 47.5. The third-order valence-electron chi connectivity index (χ3n) is 5.09. The van der Waals surface area contributed by atoms with E-state index < -0.39 is 17.9 Å². The van der Waals surface area contributed by atoms with Crippen LogP contribution in [0.15, 0.2) is 24.3 Å². The molecule has 0 N–H and O–H groups in total. The predicted octanol–water partition coefficient (Wildman–Crippen LogP) is 5.11. The number of carbonyl (C=O) groups excluding carboxylic acids is 4. The van der Waals surface area contributed by atoms with Crippen molar-refractivity contribution in [1.82, 2.24) is 0 Å². The summed E-state index contributed by atoms with van der Waals surface area (Å²) in [5, 5.41) is 0. The Morgan fingerprint density at radius 3 is 1.94 bits per heavy atom. The first kappa shape index (κ1) is 26.3. The summed E-state index contributed by atoms with van der Waals surface area (Å²) in [6.45, 7) is 11.9. The molecule has 0 heterocycles. The Hall–Kier alpha value is -2.76. The topological polar surface area (TPSA) is 86.7 Å².